The number of ether oxygens (including phenoxy) is 1. The van der Waals surface area contributed by atoms with E-state index >= 15 is 0 Å². The van der Waals surface area contributed by atoms with E-state index in [9.17, 15) is 14.9 Å². The Kier molecular flexibility index (Phi) is 7.16. The number of rotatable bonds is 7. The summed E-state index contributed by atoms with van der Waals surface area (Å²) in [4.78, 5) is 31.4. The fourth-order valence-corrected chi connectivity index (χ4v) is 5.98. The average molecular weight is 489 g/mol. The van der Waals surface area contributed by atoms with Crippen LogP contribution in [0.2, 0.25) is 5.02 Å². The number of aromatic nitrogens is 2. The van der Waals surface area contributed by atoms with E-state index in [-0.39, 0.29) is 17.2 Å². The molecule has 1 aliphatic carbocycles. The Hall–Kier alpha value is -2.38. The van der Waals surface area contributed by atoms with E-state index < -0.39 is 0 Å². The van der Waals surface area contributed by atoms with Gasteiger partial charge in [-0.3, -0.25) is 14.2 Å². The van der Waals surface area contributed by atoms with E-state index in [1.165, 1.54) is 32.5 Å². The number of nitriles is 1. The molecule has 2 heterocycles. The summed E-state index contributed by atoms with van der Waals surface area (Å²) in [6.07, 6.45) is 4.01. The molecule has 0 spiro atoms. The lowest BCUT2D eigenvalue weighted by Crippen LogP contribution is -2.26. The third-order valence-corrected chi connectivity index (χ3v) is 7.69. The number of hydrogen-bond donors (Lipinski definition) is 1. The first-order valence-corrected chi connectivity index (χ1v) is 12.4. The van der Waals surface area contributed by atoms with E-state index in [4.69, 9.17) is 16.3 Å². The molecular weight excluding hydrogens is 468 g/mol. The first kappa shape index (κ1) is 22.8. The molecule has 10 heteroatoms. The Morgan fingerprint density at radius 3 is 3.00 bits per heavy atom. The second-order valence-corrected chi connectivity index (χ2v) is 9.85. The van der Waals surface area contributed by atoms with Gasteiger partial charge in [0.05, 0.1) is 35.4 Å². The summed E-state index contributed by atoms with van der Waals surface area (Å²) < 4.78 is 6.65. The van der Waals surface area contributed by atoms with Crippen LogP contribution in [0.4, 0.5) is 5.00 Å². The standard InChI is InChI=1S/C22H21ClN4O3S2/c1-30-9-8-27-21(29)15-7-6-13(23)10-17(15)25-22(27)31-12-19(28)26-20-16(11-24)14-4-2-3-5-18(14)32-20/h6-7,10H,2-5,8-9,12H2,1H3,(H,26,28). The van der Waals surface area contributed by atoms with Crippen molar-refractivity contribution in [1.29, 1.82) is 5.26 Å². The number of carbonyl (C=O) groups excluding carboxylic acids is 1. The van der Waals surface area contributed by atoms with Crippen molar-refractivity contribution in [3.05, 3.63) is 49.6 Å². The van der Waals surface area contributed by atoms with Gasteiger partial charge in [0.1, 0.15) is 11.1 Å². The van der Waals surface area contributed by atoms with E-state index in [1.54, 1.807) is 25.3 Å². The van der Waals surface area contributed by atoms with Crippen LogP contribution in [0.5, 0.6) is 0 Å². The largest absolute Gasteiger partial charge is 0.383 e. The number of thioether (sulfide) groups is 1. The zero-order valence-electron chi connectivity index (χ0n) is 17.4. The van der Waals surface area contributed by atoms with Crippen LogP contribution in [0.25, 0.3) is 10.9 Å². The molecule has 0 unspecified atom stereocenters. The number of aryl methyl sites for hydroxylation is 1. The highest BCUT2D eigenvalue weighted by atomic mass is 35.5. The highest BCUT2D eigenvalue weighted by Crippen LogP contribution is 2.37. The molecule has 1 N–H and O–H groups in total. The Labute approximate surface area is 198 Å². The molecule has 1 aromatic carbocycles. The van der Waals surface area contributed by atoms with Gasteiger partial charge in [-0.15, -0.1) is 11.3 Å². The molecule has 7 nitrogen and oxygen atoms in total. The molecule has 32 heavy (non-hydrogen) atoms. The van der Waals surface area contributed by atoms with Crippen molar-refractivity contribution in [3.8, 4) is 6.07 Å². The molecule has 0 aliphatic heterocycles. The van der Waals surface area contributed by atoms with Crippen LogP contribution in [0.15, 0.2) is 28.2 Å². The molecule has 166 valence electrons. The maximum Gasteiger partial charge on any atom is 0.262 e. The third-order valence-electron chi connectivity index (χ3n) is 5.27. The lowest BCUT2D eigenvalue weighted by Gasteiger charge is -2.13. The fourth-order valence-electron chi connectivity index (χ4n) is 3.73. The summed E-state index contributed by atoms with van der Waals surface area (Å²) in [5.41, 5.74) is 1.94. The number of amides is 1. The number of benzene rings is 1. The monoisotopic (exact) mass is 488 g/mol. The average Bonchev–Trinajstić information content (AvgIpc) is 3.13. The normalized spacial score (nSPS) is 13.0. The van der Waals surface area contributed by atoms with Crippen LogP contribution >= 0.6 is 34.7 Å². The number of methoxy groups -OCH3 is 1. The number of nitrogens with zero attached hydrogens (tertiary/aromatic N) is 3. The molecule has 2 aromatic heterocycles. The molecule has 3 aromatic rings. The molecule has 1 aliphatic rings. The van der Waals surface area contributed by atoms with Crippen LogP contribution in [0.3, 0.4) is 0 Å². The summed E-state index contributed by atoms with van der Waals surface area (Å²) >= 11 is 8.73. The van der Waals surface area contributed by atoms with Gasteiger partial charge in [-0.1, -0.05) is 23.4 Å². The fraction of sp³-hybridized carbons (Fsp3) is 0.364. The Bertz CT molecular complexity index is 1280. The molecule has 0 radical (unpaired) electrons. The van der Waals surface area contributed by atoms with Crippen LogP contribution in [0.1, 0.15) is 28.8 Å². The number of carbonyl (C=O) groups is 1. The second kappa shape index (κ2) is 10.0. The van der Waals surface area contributed by atoms with Crippen molar-refractivity contribution >= 4 is 56.5 Å². The zero-order valence-corrected chi connectivity index (χ0v) is 19.8. The number of nitrogens with one attached hydrogen (secondary N) is 1. The van der Waals surface area contributed by atoms with Crippen molar-refractivity contribution in [2.45, 2.75) is 37.4 Å². The van der Waals surface area contributed by atoms with E-state index in [0.717, 1.165) is 31.2 Å². The van der Waals surface area contributed by atoms with E-state index in [1.807, 2.05) is 0 Å². The van der Waals surface area contributed by atoms with Gasteiger partial charge in [-0.2, -0.15) is 5.26 Å². The molecular formula is C22H21ClN4O3S2. The summed E-state index contributed by atoms with van der Waals surface area (Å²) in [6, 6.07) is 7.20. The lowest BCUT2D eigenvalue weighted by molar-refractivity contribution is -0.113. The van der Waals surface area contributed by atoms with Gasteiger partial charge in [0, 0.05) is 17.0 Å². The molecule has 0 atom stereocenters. The van der Waals surface area contributed by atoms with Crippen molar-refractivity contribution < 1.29 is 9.53 Å². The van der Waals surface area contributed by atoms with Gasteiger partial charge in [0.15, 0.2) is 5.16 Å². The molecule has 1 amide bonds. The predicted octanol–water partition coefficient (Wildman–Crippen LogP) is 4.24. The third kappa shape index (κ3) is 4.69. The molecule has 4 rings (SSSR count). The number of thiophene rings is 1. The molecule has 0 bridgehead atoms. The molecule has 0 saturated heterocycles. The highest BCUT2D eigenvalue weighted by molar-refractivity contribution is 7.99. The number of halogens is 1. The number of anilines is 1. The first-order chi connectivity index (χ1) is 15.5. The summed E-state index contributed by atoms with van der Waals surface area (Å²) in [6.45, 7) is 0.661. The van der Waals surface area contributed by atoms with Crippen molar-refractivity contribution in [2.24, 2.45) is 0 Å². The van der Waals surface area contributed by atoms with Crippen LogP contribution < -0.4 is 10.9 Å². The maximum atomic E-state index is 13.0. The van der Waals surface area contributed by atoms with Crippen LogP contribution in [0, 0.1) is 11.3 Å². The lowest BCUT2D eigenvalue weighted by atomic mass is 9.96. The molecule has 0 fully saturated rings. The minimum atomic E-state index is -0.246. The smallest absolute Gasteiger partial charge is 0.262 e. The first-order valence-electron chi connectivity index (χ1n) is 10.2. The van der Waals surface area contributed by atoms with Crippen LogP contribution in [-0.2, 0) is 28.9 Å². The molecule has 0 saturated carbocycles. The zero-order chi connectivity index (χ0) is 22.7. The van der Waals surface area contributed by atoms with Crippen molar-refractivity contribution in [1.82, 2.24) is 9.55 Å². The summed E-state index contributed by atoms with van der Waals surface area (Å²) in [5, 5.41) is 14.4. The van der Waals surface area contributed by atoms with E-state index in [2.05, 4.69) is 16.4 Å². The Balaban J connectivity index is 1.56. The summed E-state index contributed by atoms with van der Waals surface area (Å²) in [5.74, 6) is -0.192. The Morgan fingerprint density at radius 1 is 1.41 bits per heavy atom. The summed E-state index contributed by atoms with van der Waals surface area (Å²) in [7, 11) is 1.56. The van der Waals surface area contributed by atoms with Gasteiger partial charge in [0.2, 0.25) is 5.91 Å². The van der Waals surface area contributed by atoms with E-state index in [0.29, 0.717) is 44.8 Å². The maximum absolute atomic E-state index is 13.0. The number of hydrogen-bond acceptors (Lipinski definition) is 7. The Morgan fingerprint density at radius 2 is 2.22 bits per heavy atom. The predicted molar refractivity (Wildman–Crippen MR) is 128 cm³/mol. The van der Waals surface area contributed by atoms with Gasteiger partial charge in [0.25, 0.3) is 5.56 Å². The SMILES string of the molecule is COCCn1c(SCC(=O)Nc2sc3c(c2C#N)CCCC3)nc2cc(Cl)ccc2c1=O. The van der Waals surface area contributed by atoms with Crippen molar-refractivity contribution in [2.75, 3.05) is 24.8 Å². The van der Waals surface area contributed by atoms with Crippen molar-refractivity contribution in [3.63, 3.8) is 0 Å². The second-order valence-electron chi connectivity index (χ2n) is 7.37. The minimum absolute atomic E-state index is 0.0545. The van der Waals surface area contributed by atoms with Gasteiger partial charge in [-0.25, -0.2) is 4.98 Å². The topological polar surface area (TPSA) is 97.0 Å². The number of fused-ring (bicyclic) bond motifs is 2. The van der Waals surface area contributed by atoms with Gasteiger partial charge in [-0.05, 0) is 49.4 Å². The van der Waals surface area contributed by atoms with Gasteiger partial charge >= 0.3 is 0 Å². The highest BCUT2D eigenvalue weighted by Gasteiger charge is 2.22. The minimum Gasteiger partial charge on any atom is -0.383 e. The van der Waals surface area contributed by atoms with Gasteiger partial charge < -0.3 is 10.1 Å². The quantitative estimate of drug-likeness (QED) is 0.394. The van der Waals surface area contributed by atoms with Crippen LogP contribution in [-0.4, -0.2) is 34.9 Å².